The largest absolute Gasteiger partial charge is 0.484 e. The van der Waals surface area contributed by atoms with Crippen LogP contribution in [0.4, 0.5) is 0 Å². The Bertz CT molecular complexity index is 1240. The average Bonchev–Trinajstić information content (AvgIpc) is 2.91. The minimum absolute atomic E-state index is 0.0864. The molecule has 0 spiro atoms. The van der Waals surface area contributed by atoms with Gasteiger partial charge in [-0.05, 0) is 67.6 Å². The number of rotatable bonds is 10. The zero-order chi connectivity index (χ0) is 27.8. The Hall–Kier alpha value is -3.02. The molecule has 0 aromatic heterocycles. The van der Waals surface area contributed by atoms with Gasteiger partial charge < -0.3 is 15.0 Å². The van der Waals surface area contributed by atoms with Crippen molar-refractivity contribution < 1.29 is 14.3 Å². The number of nitrogens with one attached hydrogen (secondary N) is 1. The van der Waals surface area contributed by atoms with Crippen LogP contribution in [0.5, 0.6) is 5.75 Å². The van der Waals surface area contributed by atoms with Crippen LogP contribution in [-0.2, 0) is 22.6 Å². The van der Waals surface area contributed by atoms with Crippen LogP contribution in [0.15, 0.2) is 66.7 Å². The Labute approximate surface area is 241 Å². The molecular weight excluding hydrogens is 531 g/mol. The number of aryl methyl sites for hydroxylation is 2. The molecule has 39 heavy (non-hydrogen) atoms. The second-order valence-electron chi connectivity index (χ2n) is 10.4. The molecule has 1 fully saturated rings. The van der Waals surface area contributed by atoms with Gasteiger partial charge in [0, 0.05) is 34.6 Å². The Morgan fingerprint density at radius 2 is 1.56 bits per heavy atom. The van der Waals surface area contributed by atoms with Gasteiger partial charge in [0.15, 0.2) is 6.61 Å². The molecule has 0 radical (unpaired) electrons. The Balaban J connectivity index is 1.65. The van der Waals surface area contributed by atoms with Crippen molar-refractivity contribution in [3.8, 4) is 5.75 Å². The maximum atomic E-state index is 13.9. The van der Waals surface area contributed by atoms with Crippen molar-refractivity contribution in [3.63, 3.8) is 0 Å². The second-order valence-corrected chi connectivity index (χ2v) is 11.2. The predicted octanol–water partition coefficient (Wildman–Crippen LogP) is 7.08. The van der Waals surface area contributed by atoms with Crippen LogP contribution in [-0.4, -0.2) is 35.4 Å². The molecule has 1 N–H and O–H groups in total. The fourth-order valence-electron chi connectivity index (χ4n) is 5.20. The molecule has 0 bridgehead atoms. The maximum absolute atomic E-state index is 13.9. The van der Waals surface area contributed by atoms with Gasteiger partial charge in [-0.3, -0.25) is 9.59 Å². The minimum atomic E-state index is -0.767. The molecule has 4 rings (SSSR count). The zero-order valence-electron chi connectivity index (χ0n) is 22.6. The highest BCUT2D eigenvalue weighted by molar-refractivity contribution is 6.36. The fraction of sp³-hybridized carbons (Fsp3) is 0.375. The lowest BCUT2D eigenvalue weighted by Gasteiger charge is -2.33. The second kappa shape index (κ2) is 13.9. The van der Waals surface area contributed by atoms with Gasteiger partial charge in [0.25, 0.3) is 5.91 Å². The van der Waals surface area contributed by atoms with Gasteiger partial charge in [0.1, 0.15) is 11.8 Å². The first-order chi connectivity index (χ1) is 18.8. The number of hydrogen-bond acceptors (Lipinski definition) is 3. The monoisotopic (exact) mass is 566 g/mol. The summed E-state index contributed by atoms with van der Waals surface area (Å²) in [6.45, 7) is 3.84. The van der Waals surface area contributed by atoms with E-state index in [1.807, 2.05) is 62.4 Å². The summed E-state index contributed by atoms with van der Waals surface area (Å²) < 4.78 is 5.95. The van der Waals surface area contributed by atoms with Gasteiger partial charge >= 0.3 is 0 Å². The Morgan fingerprint density at radius 1 is 0.923 bits per heavy atom. The van der Waals surface area contributed by atoms with Crippen LogP contribution < -0.4 is 10.1 Å². The molecule has 1 saturated carbocycles. The maximum Gasteiger partial charge on any atom is 0.261 e. The SMILES string of the molecule is Cc1cc(C)cc(OCC(=O)N(Cc2c(Cl)cccc2Cl)[C@H](Cc2ccccc2)C(=O)NC2CCCCC2)c1. The van der Waals surface area contributed by atoms with E-state index in [1.54, 1.807) is 23.1 Å². The lowest BCUT2D eigenvalue weighted by molar-refractivity contribution is -0.143. The molecule has 0 unspecified atom stereocenters. The van der Waals surface area contributed by atoms with Crippen LogP contribution in [0, 0.1) is 13.8 Å². The molecule has 5 nitrogen and oxygen atoms in total. The molecule has 1 atom stereocenters. The van der Waals surface area contributed by atoms with Crippen molar-refractivity contribution in [2.45, 2.75) is 71.0 Å². The molecule has 1 aliphatic carbocycles. The van der Waals surface area contributed by atoms with Crippen molar-refractivity contribution in [2.75, 3.05) is 6.61 Å². The number of carbonyl (C=O) groups excluding carboxylic acids is 2. The third-order valence-electron chi connectivity index (χ3n) is 7.17. The summed E-state index contributed by atoms with van der Waals surface area (Å²) in [5.41, 5.74) is 3.65. The third-order valence-corrected chi connectivity index (χ3v) is 7.88. The number of benzene rings is 3. The van der Waals surface area contributed by atoms with E-state index >= 15 is 0 Å². The van der Waals surface area contributed by atoms with Crippen molar-refractivity contribution in [2.24, 2.45) is 0 Å². The summed E-state index contributed by atoms with van der Waals surface area (Å²) in [5, 5.41) is 4.13. The van der Waals surface area contributed by atoms with Crippen molar-refractivity contribution in [3.05, 3.63) is 99.0 Å². The zero-order valence-corrected chi connectivity index (χ0v) is 24.1. The number of hydrogen-bond donors (Lipinski definition) is 1. The summed E-state index contributed by atoms with van der Waals surface area (Å²) in [7, 11) is 0. The van der Waals surface area contributed by atoms with E-state index in [1.165, 1.54) is 6.42 Å². The Kier molecular flexibility index (Phi) is 10.3. The fourth-order valence-corrected chi connectivity index (χ4v) is 5.71. The van der Waals surface area contributed by atoms with Gasteiger partial charge in [-0.2, -0.15) is 0 Å². The smallest absolute Gasteiger partial charge is 0.261 e. The average molecular weight is 568 g/mol. The highest BCUT2D eigenvalue weighted by atomic mass is 35.5. The third kappa shape index (κ3) is 8.23. The quantitative estimate of drug-likeness (QED) is 0.285. The van der Waals surface area contributed by atoms with Crippen LogP contribution >= 0.6 is 23.2 Å². The number of ether oxygens (including phenoxy) is 1. The topological polar surface area (TPSA) is 58.6 Å². The molecule has 206 valence electrons. The molecule has 0 saturated heterocycles. The normalized spacial score (nSPS) is 14.5. The van der Waals surface area contributed by atoms with E-state index in [4.69, 9.17) is 27.9 Å². The molecular formula is C32H36Cl2N2O3. The summed E-state index contributed by atoms with van der Waals surface area (Å²) in [5.74, 6) is 0.126. The molecule has 1 aliphatic rings. The predicted molar refractivity (Wildman–Crippen MR) is 157 cm³/mol. The van der Waals surface area contributed by atoms with Crippen LogP contribution in [0.2, 0.25) is 10.0 Å². The van der Waals surface area contributed by atoms with Crippen LogP contribution in [0.1, 0.15) is 54.4 Å². The minimum Gasteiger partial charge on any atom is -0.484 e. The van der Waals surface area contributed by atoms with E-state index in [2.05, 4.69) is 5.32 Å². The van der Waals surface area contributed by atoms with Crippen LogP contribution in [0.3, 0.4) is 0 Å². The number of halogens is 2. The molecule has 7 heteroatoms. The molecule has 0 aliphatic heterocycles. The van der Waals surface area contributed by atoms with E-state index < -0.39 is 6.04 Å². The standard InChI is InChI=1S/C32H36Cl2N2O3/c1-22-16-23(2)18-26(17-22)39-21-31(37)36(20-27-28(33)14-9-15-29(27)34)30(19-24-10-5-3-6-11-24)32(38)35-25-12-7-4-8-13-25/h3,5-6,9-11,14-18,25,30H,4,7-8,12-13,19-21H2,1-2H3,(H,35,38)/t30-/m1/s1. The van der Waals surface area contributed by atoms with Gasteiger partial charge in [0.05, 0.1) is 0 Å². The lowest BCUT2D eigenvalue weighted by Crippen LogP contribution is -2.53. The lowest BCUT2D eigenvalue weighted by atomic mass is 9.94. The van der Waals surface area contributed by atoms with Crippen molar-refractivity contribution in [1.29, 1.82) is 0 Å². The molecule has 3 aromatic rings. The first-order valence-corrected chi connectivity index (χ1v) is 14.3. The number of nitrogens with zero attached hydrogens (tertiary/aromatic N) is 1. The van der Waals surface area contributed by atoms with E-state index in [9.17, 15) is 9.59 Å². The first kappa shape index (κ1) is 29.0. The van der Waals surface area contributed by atoms with Gasteiger partial charge in [-0.25, -0.2) is 0 Å². The highest BCUT2D eigenvalue weighted by Gasteiger charge is 2.33. The Morgan fingerprint density at radius 3 is 2.21 bits per heavy atom. The van der Waals surface area contributed by atoms with Gasteiger partial charge in [-0.15, -0.1) is 0 Å². The van der Waals surface area contributed by atoms with Crippen LogP contribution in [0.25, 0.3) is 0 Å². The summed E-state index contributed by atoms with van der Waals surface area (Å²) in [6.07, 6.45) is 5.63. The van der Waals surface area contributed by atoms with E-state index in [-0.39, 0.29) is 31.0 Å². The van der Waals surface area contributed by atoms with Crippen molar-refractivity contribution in [1.82, 2.24) is 10.2 Å². The van der Waals surface area contributed by atoms with Gasteiger partial charge in [0.2, 0.25) is 5.91 Å². The molecule has 3 aromatic carbocycles. The summed E-state index contributed by atoms with van der Waals surface area (Å²) >= 11 is 13.1. The van der Waals surface area contributed by atoms with E-state index in [0.29, 0.717) is 27.8 Å². The first-order valence-electron chi connectivity index (χ1n) is 13.6. The van der Waals surface area contributed by atoms with Crippen molar-refractivity contribution >= 4 is 35.0 Å². The van der Waals surface area contributed by atoms with Gasteiger partial charge in [-0.1, -0.05) is 84.9 Å². The molecule has 2 amide bonds. The number of amides is 2. The highest BCUT2D eigenvalue weighted by Crippen LogP contribution is 2.28. The van der Waals surface area contributed by atoms with E-state index in [0.717, 1.165) is 42.4 Å². The summed E-state index contributed by atoms with van der Waals surface area (Å²) in [6, 6.07) is 20.2. The summed E-state index contributed by atoms with van der Waals surface area (Å²) in [4.78, 5) is 29.3. The molecule has 0 heterocycles. The number of carbonyl (C=O) groups is 2.